The largest absolute Gasteiger partial charge is 1.00 e. The Hall–Kier alpha value is -7.34. The van der Waals surface area contributed by atoms with Crippen molar-refractivity contribution in [3.8, 4) is 23.5 Å². The molecular formula is C87H128Cl3K2N17O25S2. The SMILES string of the molecule is CC(C)(C)OC(=O)NCC1CCNCC1.CCO.CCOc1cc(/C=C2\SC(=O)NC2=O)nc(N2CCC(CN)CC2)n1.CCOc1cc(C(=O)OC)nc(Cl)n1.CCOc1cc(C(=O)OC)nc(N2CCC(CCC(=O)OC(C)(C)C)CC2)n1.CCOc1cc(C=O)nc(N2CCC(CCC(=O)OC(C)(C)C)CC2)n1.COC(=O)c1cc(Cl)nc(Cl)n1.O=C1CSC(=O)C1.O=CO[O-].[H-].[K+].[K+]. The molecule has 136 heavy (non-hydrogen) atoms. The molecule has 0 aliphatic carbocycles. The average molecular weight is 2060 g/mol. The number of amides is 3. The van der Waals surface area contributed by atoms with Gasteiger partial charge in [0.25, 0.3) is 17.6 Å². The first-order chi connectivity index (χ1) is 63.5. The number of rotatable bonds is 26. The molecule has 0 aromatic carbocycles. The van der Waals surface area contributed by atoms with E-state index in [4.69, 9.17) is 93.6 Å². The van der Waals surface area contributed by atoms with Crippen molar-refractivity contribution in [2.45, 2.75) is 197 Å². The number of halogens is 3. The summed E-state index contributed by atoms with van der Waals surface area (Å²) in [5.74, 6) is 3.24. The van der Waals surface area contributed by atoms with Crippen LogP contribution in [0.15, 0.2) is 35.2 Å². The number of methoxy groups -OCH3 is 3. The van der Waals surface area contributed by atoms with Gasteiger partial charge in [-0.3, -0.25) is 43.7 Å². The van der Waals surface area contributed by atoms with E-state index in [0.717, 1.165) is 147 Å². The van der Waals surface area contributed by atoms with Gasteiger partial charge in [0.05, 0.1) is 70.5 Å². The summed E-state index contributed by atoms with van der Waals surface area (Å²) >= 11 is 18.5. The topological polar surface area (TPSA) is 550 Å². The molecule has 5 aromatic rings. The summed E-state index contributed by atoms with van der Waals surface area (Å²) in [4.78, 5) is 182. The number of thioether (sulfide) groups is 2. The quantitative estimate of drug-likeness (QED) is 0.00483. The second-order valence-corrected chi connectivity index (χ2v) is 35.5. The van der Waals surface area contributed by atoms with Crippen LogP contribution in [0.1, 0.15) is 229 Å². The molecule has 6 aliphatic heterocycles. The molecule has 0 saturated carbocycles. The fourth-order valence-corrected chi connectivity index (χ4v) is 14.3. The number of aldehydes is 1. The predicted molar refractivity (Wildman–Crippen MR) is 500 cm³/mol. The van der Waals surface area contributed by atoms with Gasteiger partial charge in [0, 0.05) is 95.6 Å². The molecule has 5 aromatic heterocycles. The Morgan fingerprint density at radius 1 is 0.544 bits per heavy atom. The Morgan fingerprint density at radius 2 is 0.926 bits per heavy atom. The maximum absolute atomic E-state index is 11.9. The second-order valence-electron chi connectivity index (χ2n) is 32.4. The van der Waals surface area contributed by atoms with Gasteiger partial charge in [-0.15, -0.1) is 0 Å². The number of aliphatic hydroxyl groups is 1. The minimum Gasteiger partial charge on any atom is -1.00 e. The fraction of sp³-hybridized carbons (Fsp3) is 0.609. The van der Waals surface area contributed by atoms with E-state index in [2.05, 4.69) is 90.0 Å². The van der Waals surface area contributed by atoms with Crippen LogP contribution in [0.25, 0.3) is 6.08 Å². The minimum absolute atomic E-state index is 0. The number of Topliss-reactive ketones (excluding diaryl/α,β-unsaturated/α-hetero) is 1. The summed E-state index contributed by atoms with van der Waals surface area (Å²) < 4.78 is 51.0. The number of piperidine rings is 4. The Kier molecular flexibility index (Phi) is 64.0. The molecule has 6 saturated heterocycles. The van der Waals surface area contributed by atoms with Gasteiger partial charge in [-0.25, -0.2) is 49.1 Å². The first kappa shape index (κ1) is 127. The molecule has 11 rings (SSSR count). The van der Waals surface area contributed by atoms with Gasteiger partial charge in [-0.1, -0.05) is 23.4 Å². The van der Waals surface area contributed by atoms with Crippen LogP contribution in [0.4, 0.5) is 27.4 Å². The average Bonchev–Trinajstić information content (AvgIpc) is 1.71. The van der Waals surface area contributed by atoms with Gasteiger partial charge >= 0.3 is 139 Å². The summed E-state index contributed by atoms with van der Waals surface area (Å²) in [6.45, 7) is 36.2. The fourth-order valence-electron chi connectivity index (χ4n) is 12.4. The maximum Gasteiger partial charge on any atom is 1.00 e. The molecule has 0 spiro atoms. The molecule has 6 N–H and O–H groups in total. The van der Waals surface area contributed by atoms with Crippen molar-refractivity contribution in [2.24, 2.45) is 29.4 Å². The zero-order chi connectivity index (χ0) is 100. The molecule has 3 amide bonds. The van der Waals surface area contributed by atoms with Gasteiger partial charge in [-0.2, -0.15) is 19.9 Å². The van der Waals surface area contributed by atoms with Gasteiger partial charge < -0.3 is 95.1 Å². The molecule has 0 unspecified atom stereocenters. The van der Waals surface area contributed by atoms with Crippen molar-refractivity contribution < 1.29 is 224 Å². The van der Waals surface area contributed by atoms with Crippen LogP contribution in [0, 0.1) is 23.7 Å². The van der Waals surface area contributed by atoms with E-state index in [1.54, 1.807) is 32.1 Å². The molecule has 6 aliphatic rings. The first-order valence-electron chi connectivity index (χ1n) is 43.4. The molecule has 42 nitrogen and oxygen atoms in total. The standard InChI is InChI=1S/C20H31N3O5.C19H29N3O4.C16H21N5O3S.C11H22N2O2.C8H9ClN2O3.C6H4Cl2N2O2.C4H4O2S.C2H6O.CH2O3.2K.H/c1-6-27-16-13-15(18(25)26-5)21-19(22-16)23-11-9-14(10-12-23)7-8-17(24)28-20(2,3)4;1-5-25-16-12-15(13-23)20-18(21-16)22-10-8-14(9-11-22)6-7-17(24)26-19(2,3)4;1-2-24-13-8-11(7-12-14(22)20-16(23)25-12)18-15(19-13)21-5-3-10(9-17)4-6-21;1-11(2,3)15-10(14)13-8-9-4-6-12-7-5-9;1-3-14-6-4-5(7(12)13-2)10-8(9)11-6;1-12-5(11)3-2-4(7)10-6(8)9-3;5-3-1-4(6)7-2-3;1-2-3;2-1-4-3;;;/h13-14H,6-12H2,1-5H3;12-14H,5-11H2,1-4H3;7-8,10H,2-6,9,17H2,1H3,(H,20,22,23);9,12H,4-8H2,1-3H3,(H,13,14);4H,3H2,1-2H3;2H,1H3;1-2H2;3H,2H2,1H3;1,3H;;;/q;;;;;;;;;2*+1;-1/p-1/b;;12-7-;;;;;;;;;. The predicted octanol–water partition coefficient (Wildman–Crippen LogP) is 4.57. The van der Waals surface area contributed by atoms with Gasteiger partial charge in [0.15, 0.2) is 34.3 Å². The third kappa shape index (κ3) is 53.9. The zero-order valence-electron chi connectivity index (χ0n) is 82.0. The van der Waals surface area contributed by atoms with Crippen LogP contribution in [-0.2, 0) is 62.1 Å². The summed E-state index contributed by atoms with van der Waals surface area (Å²) in [7, 11) is 3.82. The van der Waals surface area contributed by atoms with Crippen molar-refractivity contribution in [1.29, 1.82) is 0 Å². The number of anilines is 3. The molecule has 0 bridgehead atoms. The smallest absolute Gasteiger partial charge is 1.00 e. The number of ketones is 1. The monoisotopic (exact) mass is 2060 g/mol. The molecule has 6 fully saturated rings. The number of hydrogen-bond donors (Lipinski definition) is 5. The molecule has 49 heteroatoms. The normalized spacial score (nSPS) is 15.1. The Bertz CT molecular complexity index is 4570. The number of ether oxygens (including phenoxy) is 10. The van der Waals surface area contributed by atoms with Crippen LogP contribution < -0.4 is 163 Å². The Labute approximate surface area is 903 Å². The summed E-state index contributed by atoms with van der Waals surface area (Å²) in [6.07, 6.45) is 12.7. The van der Waals surface area contributed by atoms with Crippen LogP contribution in [-0.4, -0.2) is 268 Å². The van der Waals surface area contributed by atoms with E-state index < -0.39 is 40.6 Å². The number of esters is 5. The number of nitrogens with zero attached hydrogens (tertiary/aromatic N) is 13. The number of imide groups is 1. The summed E-state index contributed by atoms with van der Waals surface area (Å²) in [5, 5.41) is 24.0. The summed E-state index contributed by atoms with van der Waals surface area (Å²) in [6, 6.07) is 7.36. The van der Waals surface area contributed by atoms with Gasteiger partial charge in [0.2, 0.25) is 51.9 Å². The van der Waals surface area contributed by atoms with Crippen molar-refractivity contribution >= 4 is 153 Å². The Morgan fingerprint density at radius 3 is 1.28 bits per heavy atom. The second kappa shape index (κ2) is 68.7. The third-order valence-corrected chi connectivity index (χ3v) is 20.7. The number of carbonyl (C=O) groups is 12. The number of aliphatic hydroxyl groups excluding tert-OH is 1. The van der Waals surface area contributed by atoms with E-state index in [1.165, 1.54) is 39.5 Å². The summed E-state index contributed by atoms with van der Waals surface area (Å²) in [5.41, 5.74) is 5.64. The van der Waals surface area contributed by atoms with E-state index in [1.807, 2.05) is 88.0 Å². The number of aromatic nitrogens is 10. The molecule has 0 radical (unpaired) electrons. The number of nitrogens with one attached hydrogen (secondary N) is 3. The van der Waals surface area contributed by atoms with Crippen molar-refractivity contribution in [3.05, 3.63) is 79.4 Å². The number of alkyl carbamates (subject to hydrolysis) is 1. The van der Waals surface area contributed by atoms with E-state index in [9.17, 15) is 52.7 Å². The number of hydrogen-bond acceptors (Lipinski definition) is 42. The van der Waals surface area contributed by atoms with Gasteiger partial charge in [-0.05, 0) is 245 Å². The van der Waals surface area contributed by atoms with E-state index >= 15 is 0 Å². The molecule has 11 heterocycles. The Balaban J connectivity index is 0.00000160. The molecular weight excluding hydrogens is 1930 g/mol. The van der Waals surface area contributed by atoms with Crippen LogP contribution in [0.3, 0.4) is 0 Å². The van der Waals surface area contributed by atoms with Crippen molar-refractivity contribution in [1.82, 2.24) is 65.8 Å². The first-order valence-corrected chi connectivity index (χ1v) is 46.4. The van der Waals surface area contributed by atoms with Crippen LogP contribution in [0.5, 0.6) is 23.5 Å². The number of nitrogens with two attached hydrogens (primary N) is 1. The van der Waals surface area contributed by atoms with E-state index in [-0.39, 0.29) is 197 Å². The molecule has 746 valence electrons. The number of carbonyl (C=O) groups excluding carboxylic acids is 12. The minimum atomic E-state index is -0.596. The third-order valence-electron chi connectivity index (χ3n) is 18.4. The molecule has 0 atom stereocenters. The maximum atomic E-state index is 11.9. The van der Waals surface area contributed by atoms with E-state index in [0.29, 0.717) is 133 Å². The zero-order valence-corrected chi connectivity index (χ0v) is 91.2. The van der Waals surface area contributed by atoms with Crippen LogP contribution >= 0.6 is 58.3 Å². The van der Waals surface area contributed by atoms with Crippen molar-refractivity contribution in [3.63, 3.8) is 0 Å². The van der Waals surface area contributed by atoms with Crippen molar-refractivity contribution in [2.75, 3.05) is 140 Å². The van der Waals surface area contributed by atoms with Gasteiger partial charge in [0.1, 0.15) is 27.7 Å². The van der Waals surface area contributed by atoms with Crippen LogP contribution in [0.2, 0.25) is 15.7 Å².